The van der Waals surface area contributed by atoms with Gasteiger partial charge >= 0.3 is 0 Å². The zero-order chi connectivity index (χ0) is 45.4. The van der Waals surface area contributed by atoms with Crippen molar-refractivity contribution in [1.82, 2.24) is 4.40 Å². The van der Waals surface area contributed by atoms with Crippen LogP contribution in [-0.4, -0.2) is 11.1 Å². The van der Waals surface area contributed by atoms with Gasteiger partial charge in [-0.05, 0) is 127 Å². The van der Waals surface area contributed by atoms with Gasteiger partial charge in [-0.3, -0.25) is 0 Å². The molecule has 322 valence electrons. The molecular weight excluding hydrogens is 789 g/mol. The highest BCUT2D eigenvalue weighted by Gasteiger charge is 2.49. The zero-order valence-electron chi connectivity index (χ0n) is 40.4. The van der Waals surface area contributed by atoms with Gasteiger partial charge in [0.2, 0.25) is 0 Å². The van der Waals surface area contributed by atoms with E-state index < -0.39 is 0 Å². The van der Waals surface area contributed by atoms with E-state index in [-0.39, 0.29) is 28.4 Å². The van der Waals surface area contributed by atoms with Crippen LogP contribution in [0.4, 0.5) is 17.1 Å². The number of anilines is 3. The van der Waals surface area contributed by atoms with Gasteiger partial charge in [0, 0.05) is 27.6 Å². The maximum absolute atomic E-state index is 7.32. The van der Waals surface area contributed by atoms with Crippen molar-refractivity contribution in [3.8, 4) is 22.6 Å². The molecule has 3 aliphatic rings. The maximum Gasteiger partial charge on any atom is 0.295 e. The van der Waals surface area contributed by atoms with Gasteiger partial charge < -0.3 is 9.64 Å². The summed E-state index contributed by atoms with van der Waals surface area (Å²) in [6.07, 6.45) is 0. The first-order valence-electron chi connectivity index (χ1n) is 23.6. The van der Waals surface area contributed by atoms with Gasteiger partial charge in [-0.25, -0.2) is 4.57 Å². The number of benzene rings is 7. The van der Waals surface area contributed by atoms with Gasteiger partial charge in [-0.1, -0.05) is 155 Å². The van der Waals surface area contributed by atoms with Gasteiger partial charge in [0.25, 0.3) is 12.4 Å². The first kappa shape index (κ1) is 40.2. The molecule has 0 saturated heterocycles. The van der Waals surface area contributed by atoms with E-state index in [4.69, 9.17) is 4.74 Å². The fourth-order valence-electron chi connectivity index (χ4n) is 11.7. The number of aromatic nitrogens is 2. The fraction of sp³-hybridized carbons (Fsp3) is 0.283. The van der Waals surface area contributed by atoms with E-state index in [1.807, 2.05) is 0 Å². The number of ether oxygens (including phenoxy) is 1. The summed E-state index contributed by atoms with van der Waals surface area (Å²) in [6.45, 7) is 28.2. The topological polar surface area (TPSA) is 20.8 Å². The molecule has 5 heteroatoms. The van der Waals surface area contributed by atoms with Crippen molar-refractivity contribution in [1.29, 1.82) is 0 Å². The third-order valence-corrected chi connectivity index (χ3v) is 15.4. The summed E-state index contributed by atoms with van der Waals surface area (Å²) < 4.78 is 12.2. The molecule has 9 aromatic rings. The molecule has 0 radical (unpaired) electrons. The summed E-state index contributed by atoms with van der Waals surface area (Å²) in [4.78, 5) is 2.64. The van der Waals surface area contributed by atoms with Crippen molar-refractivity contribution in [3.05, 3.63) is 155 Å². The van der Waals surface area contributed by atoms with E-state index in [0.29, 0.717) is 0 Å². The van der Waals surface area contributed by atoms with Crippen LogP contribution < -0.4 is 30.6 Å². The van der Waals surface area contributed by atoms with Crippen molar-refractivity contribution >= 4 is 78.5 Å². The van der Waals surface area contributed by atoms with Crippen LogP contribution >= 0.6 is 0 Å². The number of hydrogen-bond donors (Lipinski definition) is 0. The summed E-state index contributed by atoms with van der Waals surface area (Å²) in [7, 11) is 2.22. The SMILES string of the molecule is Cc1ccc(-c2cc3c4c(c2)N2c5ccc(C(C)(C)C)cc5C(C)(C)c5cc(C(C)(C)C)cc(c52)B4c2cc(C(C)(C)C)ccc2O3)c2c3ccccc3n3c4ccccc4[n+](C)c3c12. The largest absolute Gasteiger partial charge is 0.458 e. The molecule has 0 atom stereocenters. The normalized spacial score (nSPS) is 15.0. The molecule has 0 saturated carbocycles. The lowest BCUT2D eigenvalue weighted by atomic mass is 9.33. The molecule has 3 aliphatic heterocycles. The van der Waals surface area contributed by atoms with Gasteiger partial charge in [-0.15, -0.1) is 0 Å². The molecule has 0 aliphatic carbocycles. The van der Waals surface area contributed by atoms with Crippen LogP contribution in [0.1, 0.15) is 110 Å². The highest BCUT2D eigenvalue weighted by Crippen LogP contribution is 2.56. The number of imidazole rings is 1. The van der Waals surface area contributed by atoms with Crippen LogP contribution in [0.3, 0.4) is 0 Å². The number of fused-ring (bicyclic) bond motifs is 14. The number of rotatable bonds is 1. The lowest BCUT2D eigenvalue weighted by Gasteiger charge is -2.49. The minimum absolute atomic E-state index is 0.00135. The van der Waals surface area contributed by atoms with E-state index >= 15 is 0 Å². The Labute approximate surface area is 384 Å². The van der Waals surface area contributed by atoms with Crippen LogP contribution in [-0.2, 0) is 28.7 Å². The highest BCUT2D eigenvalue weighted by molar-refractivity contribution is 6.99. The molecule has 12 rings (SSSR count). The highest BCUT2D eigenvalue weighted by atomic mass is 16.5. The monoisotopic (exact) mass is 848 g/mol. The summed E-state index contributed by atoms with van der Waals surface area (Å²) >= 11 is 0. The zero-order valence-corrected chi connectivity index (χ0v) is 40.4. The third-order valence-electron chi connectivity index (χ3n) is 15.4. The molecule has 0 unspecified atom stereocenters. The van der Waals surface area contributed by atoms with Gasteiger partial charge in [0.15, 0.2) is 11.0 Å². The lowest BCUT2D eigenvalue weighted by Crippen LogP contribution is -2.61. The Morgan fingerprint density at radius 1 is 0.585 bits per heavy atom. The van der Waals surface area contributed by atoms with Crippen LogP contribution in [0.15, 0.2) is 121 Å². The predicted molar refractivity (Wildman–Crippen MR) is 275 cm³/mol. The Bertz CT molecular complexity index is 3590. The van der Waals surface area contributed by atoms with Gasteiger partial charge in [-0.2, -0.15) is 4.40 Å². The molecule has 0 N–H and O–H groups in total. The van der Waals surface area contributed by atoms with E-state index in [1.54, 1.807) is 0 Å². The van der Waals surface area contributed by atoms with Crippen molar-refractivity contribution in [2.24, 2.45) is 7.05 Å². The van der Waals surface area contributed by atoms with Crippen molar-refractivity contribution in [3.63, 3.8) is 0 Å². The predicted octanol–water partition coefficient (Wildman–Crippen LogP) is 13.1. The van der Waals surface area contributed by atoms with E-state index in [0.717, 1.165) is 17.1 Å². The number of para-hydroxylation sites is 3. The Hall–Kier alpha value is -6.33. The van der Waals surface area contributed by atoms with Crippen molar-refractivity contribution in [2.45, 2.75) is 105 Å². The Morgan fingerprint density at radius 3 is 1.97 bits per heavy atom. The summed E-state index contributed by atoms with van der Waals surface area (Å²) in [5.74, 6) is 1.88. The number of hydrogen-bond acceptors (Lipinski definition) is 2. The molecule has 0 bridgehead atoms. The van der Waals surface area contributed by atoms with Gasteiger partial charge in [0.1, 0.15) is 17.0 Å². The second-order valence-electron chi connectivity index (χ2n) is 23.0. The molecule has 0 amide bonds. The Balaban J connectivity index is 1.23. The molecular formula is C60H59BN3O+. The summed E-state index contributed by atoms with van der Waals surface area (Å²) in [5.41, 5.74) is 22.5. The van der Waals surface area contributed by atoms with Crippen LogP contribution in [0.2, 0.25) is 0 Å². The molecule has 0 spiro atoms. The molecule has 65 heavy (non-hydrogen) atoms. The smallest absolute Gasteiger partial charge is 0.295 e. The summed E-state index contributed by atoms with van der Waals surface area (Å²) in [6, 6.07) is 46.7. The van der Waals surface area contributed by atoms with Crippen LogP contribution in [0.5, 0.6) is 11.5 Å². The number of nitrogens with zero attached hydrogens (tertiary/aromatic N) is 3. The first-order chi connectivity index (χ1) is 30.7. The van der Waals surface area contributed by atoms with E-state index in [2.05, 4.69) is 225 Å². The Kier molecular flexibility index (Phi) is 8.00. The molecule has 2 aromatic heterocycles. The standard InChI is InChI=1S/C60H59BN3O/c1-34-22-25-39(53-40-18-14-15-19-45(40)64-48-21-17-16-20-47(48)62(13)56(64)52(34)53)35-28-49-54-51(29-35)65-50-27-24-37(58(5,6)7)32-43(50)61(54)44-33-38(59(8,9)10)31-42-55(44)63(49)46-26-23-36(57(2,3)4)30-41(46)60(42,11)12/h14-33H,1-13H3/q+1. The van der Waals surface area contributed by atoms with Crippen LogP contribution in [0.25, 0.3) is 49.5 Å². The summed E-state index contributed by atoms with van der Waals surface area (Å²) in [5, 5.41) is 3.78. The first-order valence-corrected chi connectivity index (χ1v) is 23.6. The average molecular weight is 849 g/mol. The maximum atomic E-state index is 7.32. The Morgan fingerprint density at radius 2 is 1.23 bits per heavy atom. The number of aryl methyl sites for hydroxylation is 2. The second kappa shape index (κ2) is 12.9. The number of pyridine rings is 1. The lowest BCUT2D eigenvalue weighted by molar-refractivity contribution is -0.617. The molecule has 5 heterocycles. The fourth-order valence-corrected chi connectivity index (χ4v) is 11.7. The average Bonchev–Trinajstić information content (AvgIpc) is 3.56. The third kappa shape index (κ3) is 5.48. The second-order valence-corrected chi connectivity index (χ2v) is 23.0. The minimum Gasteiger partial charge on any atom is -0.458 e. The minimum atomic E-state index is -0.259. The van der Waals surface area contributed by atoms with E-state index in [9.17, 15) is 0 Å². The molecule has 7 aromatic carbocycles. The van der Waals surface area contributed by atoms with Crippen molar-refractivity contribution in [2.75, 3.05) is 4.90 Å². The molecule has 4 nitrogen and oxygen atoms in total. The van der Waals surface area contributed by atoms with Crippen LogP contribution in [0, 0.1) is 6.92 Å². The quantitative estimate of drug-likeness (QED) is 0.0932. The van der Waals surface area contributed by atoms with E-state index in [1.165, 1.54) is 111 Å². The van der Waals surface area contributed by atoms with Crippen molar-refractivity contribution < 1.29 is 9.30 Å². The van der Waals surface area contributed by atoms with Gasteiger partial charge in [0.05, 0.1) is 18.1 Å². The molecule has 0 fully saturated rings.